The Morgan fingerprint density at radius 3 is 2.57 bits per heavy atom. The molecule has 2 aliphatic rings. The lowest BCUT2D eigenvalue weighted by atomic mass is 9.90. The number of likely N-dealkylation sites (tertiary alicyclic amines) is 1. The fourth-order valence-corrected chi connectivity index (χ4v) is 5.15. The van der Waals surface area contributed by atoms with E-state index >= 15 is 0 Å². The van der Waals surface area contributed by atoms with Crippen LogP contribution in [0.4, 0.5) is 0 Å². The van der Waals surface area contributed by atoms with Crippen LogP contribution in [0.15, 0.2) is 0 Å². The van der Waals surface area contributed by atoms with Gasteiger partial charge in [-0.2, -0.15) is 0 Å². The molecule has 1 amide bonds. The van der Waals surface area contributed by atoms with Crippen LogP contribution in [0.5, 0.6) is 0 Å². The highest BCUT2D eigenvalue weighted by Crippen LogP contribution is 2.32. The van der Waals surface area contributed by atoms with Crippen LogP contribution in [-0.4, -0.2) is 56.4 Å². The Balaban J connectivity index is 2.18. The highest BCUT2D eigenvalue weighted by molar-refractivity contribution is 7.92. The van der Waals surface area contributed by atoms with Crippen LogP contribution < -0.4 is 5.32 Å². The van der Waals surface area contributed by atoms with Crippen molar-refractivity contribution in [3.05, 3.63) is 0 Å². The number of carbonyl (C=O) groups is 1. The summed E-state index contributed by atoms with van der Waals surface area (Å²) in [6.45, 7) is 4.81. The second-order valence-electron chi connectivity index (χ2n) is 6.56. The molecule has 2 rings (SSSR count). The highest BCUT2D eigenvalue weighted by atomic mass is 32.2. The zero-order chi connectivity index (χ0) is 15.5. The van der Waals surface area contributed by atoms with Gasteiger partial charge in [0.25, 0.3) is 0 Å². The van der Waals surface area contributed by atoms with Crippen molar-refractivity contribution in [2.45, 2.75) is 50.2 Å². The zero-order valence-electron chi connectivity index (χ0n) is 13.2. The molecule has 122 valence electrons. The maximum Gasteiger partial charge on any atom is 0.244 e. The molecule has 0 aromatic rings. The van der Waals surface area contributed by atoms with Gasteiger partial charge in [0.05, 0.1) is 0 Å². The van der Waals surface area contributed by atoms with Gasteiger partial charge in [-0.15, -0.1) is 0 Å². The molecular weight excluding hydrogens is 288 g/mol. The molecule has 0 bridgehead atoms. The average molecular weight is 316 g/mol. The van der Waals surface area contributed by atoms with Crippen molar-refractivity contribution in [2.24, 2.45) is 5.92 Å². The second-order valence-corrected chi connectivity index (χ2v) is 8.89. The van der Waals surface area contributed by atoms with E-state index in [4.69, 9.17) is 0 Å². The SMILES string of the molecule is CCCC1CCCN(C(=O)C2(S(C)(=O)=O)CCNCC2)C1. The Labute approximate surface area is 128 Å². The summed E-state index contributed by atoms with van der Waals surface area (Å²) >= 11 is 0. The average Bonchev–Trinajstić information content (AvgIpc) is 2.47. The van der Waals surface area contributed by atoms with E-state index in [0.29, 0.717) is 38.4 Å². The van der Waals surface area contributed by atoms with Gasteiger partial charge in [0.2, 0.25) is 5.91 Å². The van der Waals surface area contributed by atoms with Crippen molar-refractivity contribution in [1.29, 1.82) is 0 Å². The van der Waals surface area contributed by atoms with Gasteiger partial charge in [0.15, 0.2) is 14.6 Å². The molecule has 1 N–H and O–H groups in total. The van der Waals surface area contributed by atoms with Crippen LogP contribution in [0.25, 0.3) is 0 Å². The van der Waals surface area contributed by atoms with Crippen LogP contribution in [0, 0.1) is 5.92 Å². The second kappa shape index (κ2) is 6.65. The fraction of sp³-hybridized carbons (Fsp3) is 0.933. The molecule has 0 saturated carbocycles. The minimum atomic E-state index is -3.40. The third-order valence-electron chi connectivity index (χ3n) is 5.01. The van der Waals surface area contributed by atoms with E-state index in [-0.39, 0.29) is 5.91 Å². The van der Waals surface area contributed by atoms with Crippen LogP contribution in [0.2, 0.25) is 0 Å². The van der Waals surface area contributed by atoms with Gasteiger partial charge in [-0.25, -0.2) is 8.42 Å². The van der Waals surface area contributed by atoms with Crippen molar-refractivity contribution >= 4 is 15.7 Å². The monoisotopic (exact) mass is 316 g/mol. The number of rotatable bonds is 4. The Hall–Kier alpha value is -0.620. The quantitative estimate of drug-likeness (QED) is 0.846. The Bertz CT molecular complexity index is 467. The zero-order valence-corrected chi connectivity index (χ0v) is 14.0. The molecule has 2 heterocycles. The predicted octanol–water partition coefficient (Wildman–Crippen LogP) is 1.19. The van der Waals surface area contributed by atoms with E-state index in [0.717, 1.165) is 32.2 Å². The number of nitrogens with zero attached hydrogens (tertiary/aromatic N) is 1. The number of piperidine rings is 2. The van der Waals surface area contributed by atoms with Crippen molar-refractivity contribution in [3.63, 3.8) is 0 Å². The summed E-state index contributed by atoms with van der Waals surface area (Å²) in [4.78, 5) is 14.8. The molecular formula is C15H28N2O3S. The Kier molecular flexibility index (Phi) is 5.30. The summed E-state index contributed by atoms with van der Waals surface area (Å²) in [5.74, 6) is 0.387. The van der Waals surface area contributed by atoms with Gasteiger partial charge in [0.1, 0.15) is 0 Å². The number of carbonyl (C=O) groups excluding carboxylic acids is 1. The van der Waals surface area contributed by atoms with Crippen molar-refractivity contribution in [1.82, 2.24) is 10.2 Å². The van der Waals surface area contributed by atoms with Crippen molar-refractivity contribution < 1.29 is 13.2 Å². The van der Waals surface area contributed by atoms with E-state index in [9.17, 15) is 13.2 Å². The molecule has 2 aliphatic heterocycles. The number of hydrogen-bond acceptors (Lipinski definition) is 4. The molecule has 0 aromatic carbocycles. The Morgan fingerprint density at radius 2 is 2.00 bits per heavy atom. The van der Waals surface area contributed by atoms with Gasteiger partial charge in [0, 0.05) is 19.3 Å². The summed E-state index contributed by atoms with van der Waals surface area (Å²) in [5, 5.41) is 3.16. The predicted molar refractivity (Wildman–Crippen MR) is 83.9 cm³/mol. The molecule has 0 aliphatic carbocycles. The van der Waals surface area contributed by atoms with Gasteiger partial charge >= 0.3 is 0 Å². The first-order valence-electron chi connectivity index (χ1n) is 8.10. The highest BCUT2D eigenvalue weighted by Gasteiger charge is 2.50. The molecule has 21 heavy (non-hydrogen) atoms. The van der Waals surface area contributed by atoms with Crippen LogP contribution in [0.1, 0.15) is 45.4 Å². The van der Waals surface area contributed by atoms with E-state index in [1.807, 2.05) is 4.90 Å². The van der Waals surface area contributed by atoms with Gasteiger partial charge in [-0.05, 0) is 51.1 Å². The van der Waals surface area contributed by atoms with Crippen molar-refractivity contribution in [3.8, 4) is 0 Å². The largest absolute Gasteiger partial charge is 0.341 e. The lowest BCUT2D eigenvalue weighted by Gasteiger charge is -2.41. The first kappa shape index (κ1) is 16.7. The van der Waals surface area contributed by atoms with Crippen LogP contribution >= 0.6 is 0 Å². The lowest BCUT2D eigenvalue weighted by molar-refractivity contribution is -0.136. The molecule has 1 atom stereocenters. The van der Waals surface area contributed by atoms with E-state index in [1.165, 1.54) is 6.26 Å². The minimum Gasteiger partial charge on any atom is -0.341 e. The molecule has 6 heteroatoms. The van der Waals surface area contributed by atoms with E-state index < -0.39 is 14.6 Å². The summed E-state index contributed by atoms with van der Waals surface area (Å²) in [6, 6.07) is 0. The maximum atomic E-state index is 13.0. The number of hydrogen-bond donors (Lipinski definition) is 1. The third kappa shape index (κ3) is 3.42. The van der Waals surface area contributed by atoms with Crippen molar-refractivity contribution in [2.75, 3.05) is 32.4 Å². The first-order valence-corrected chi connectivity index (χ1v) is 9.99. The summed E-state index contributed by atoms with van der Waals surface area (Å²) in [5.41, 5.74) is 0. The standard InChI is InChI=1S/C15H28N2O3S/c1-3-5-13-6-4-11-17(12-13)14(18)15(21(2,19)20)7-9-16-10-8-15/h13,16H,3-12H2,1-2H3. The summed E-state index contributed by atoms with van der Waals surface area (Å²) < 4.78 is 23.5. The van der Waals surface area contributed by atoms with E-state index in [1.54, 1.807) is 0 Å². The van der Waals surface area contributed by atoms with Gasteiger partial charge < -0.3 is 10.2 Å². The molecule has 5 nitrogen and oxygen atoms in total. The number of sulfone groups is 1. The molecule has 0 spiro atoms. The first-order chi connectivity index (χ1) is 9.90. The molecule has 1 unspecified atom stereocenters. The minimum absolute atomic E-state index is 0.146. The fourth-order valence-electron chi connectivity index (χ4n) is 3.76. The summed E-state index contributed by atoms with van der Waals surface area (Å²) in [7, 11) is -3.40. The van der Waals surface area contributed by atoms with Crippen LogP contribution in [0.3, 0.4) is 0 Å². The molecule has 2 saturated heterocycles. The Morgan fingerprint density at radius 1 is 1.33 bits per heavy atom. The van der Waals surface area contributed by atoms with Gasteiger partial charge in [-0.1, -0.05) is 13.3 Å². The normalized spacial score (nSPS) is 26.6. The molecule has 2 fully saturated rings. The number of amides is 1. The summed E-state index contributed by atoms with van der Waals surface area (Å²) in [6.07, 6.45) is 6.42. The third-order valence-corrected chi connectivity index (χ3v) is 7.02. The molecule has 0 aromatic heterocycles. The van der Waals surface area contributed by atoms with Crippen LogP contribution in [-0.2, 0) is 14.6 Å². The molecule has 0 radical (unpaired) electrons. The maximum absolute atomic E-state index is 13.0. The lowest BCUT2D eigenvalue weighted by Crippen LogP contribution is -2.59. The smallest absolute Gasteiger partial charge is 0.244 e. The van der Waals surface area contributed by atoms with Gasteiger partial charge in [-0.3, -0.25) is 4.79 Å². The number of nitrogens with one attached hydrogen (secondary N) is 1. The topological polar surface area (TPSA) is 66.5 Å². The van der Waals surface area contributed by atoms with E-state index in [2.05, 4.69) is 12.2 Å².